The van der Waals surface area contributed by atoms with Gasteiger partial charge >= 0.3 is 0 Å². The van der Waals surface area contributed by atoms with Crippen LogP contribution in [0.15, 0.2) is 0 Å². The van der Waals surface area contributed by atoms with Crippen molar-refractivity contribution in [3.05, 3.63) is 0 Å². The van der Waals surface area contributed by atoms with Crippen LogP contribution in [0.25, 0.3) is 0 Å². The Labute approximate surface area is 102 Å². The summed E-state index contributed by atoms with van der Waals surface area (Å²) in [7, 11) is 1.70. The van der Waals surface area contributed by atoms with E-state index in [9.17, 15) is 0 Å². The molecule has 5 N–H and O–H groups in total. The molecule has 0 radical (unpaired) electrons. The summed E-state index contributed by atoms with van der Waals surface area (Å²) in [5.41, 5.74) is 5.21. The van der Waals surface area contributed by atoms with E-state index in [0.29, 0.717) is 6.42 Å². The predicted octanol–water partition coefficient (Wildman–Crippen LogP) is -1.14. The number of nitrogens with two attached hydrogens (primary N) is 1. The van der Waals surface area contributed by atoms with Crippen molar-refractivity contribution in [3.8, 4) is 0 Å². The molecule has 0 amide bonds. The zero-order chi connectivity index (χ0) is 13.1. The van der Waals surface area contributed by atoms with E-state index in [1.54, 1.807) is 7.11 Å². The summed E-state index contributed by atoms with van der Waals surface area (Å²) in [5.74, 6) is 0. The van der Waals surface area contributed by atoms with Gasteiger partial charge in [-0.1, -0.05) is 0 Å². The fourth-order valence-corrected chi connectivity index (χ4v) is 1.36. The minimum absolute atomic E-state index is 0.0935. The van der Waals surface area contributed by atoms with Crippen LogP contribution in [0.5, 0.6) is 0 Å². The molecule has 0 aliphatic carbocycles. The number of unbranched alkanes of at least 4 members (excludes halogenated alkanes) is 1. The Hall–Kier alpha value is -0.240. The highest BCUT2D eigenvalue weighted by Crippen LogP contribution is 2.13. The van der Waals surface area contributed by atoms with E-state index in [2.05, 4.69) is 0 Å². The van der Waals surface area contributed by atoms with Crippen LogP contribution >= 0.6 is 0 Å². The quantitative estimate of drug-likeness (QED) is 0.460. The summed E-state index contributed by atoms with van der Waals surface area (Å²) >= 11 is 0. The first kappa shape index (κ1) is 16.8. The van der Waals surface area contributed by atoms with Crippen molar-refractivity contribution in [2.24, 2.45) is 5.73 Å². The lowest BCUT2D eigenvalue weighted by atomic mass is 10.0. The summed E-state index contributed by atoms with van der Waals surface area (Å²) in [5, 5.41) is 26.5. The van der Waals surface area contributed by atoms with Crippen LogP contribution in [0.2, 0.25) is 0 Å². The van der Waals surface area contributed by atoms with Gasteiger partial charge in [0.2, 0.25) is 0 Å². The zero-order valence-corrected chi connectivity index (χ0v) is 10.4. The van der Waals surface area contributed by atoms with Gasteiger partial charge in [0.15, 0.2) is 0 Å². The maximum atomic E-state index is 9.04. The molecule has 3 atom stereocenters. The first-order chi connectivity index (χ1) is 8.15. The fraction of sp³-hybridized carbons (Fsp3) is 1.00. The molecule has 0 aromatic heterocycles. The molecular formula is C11H25NO5. The molecule has 1 heterocycles. The molecule has 1 rings (SSSR count). The highest BCUT2D eigenvalue weighted by Gasteiger charge is 2.27. The minimum atomic E-state index is -0.789. The second-order valence-electron chi connectivity index (χ2n) is 4.00. The minimum Gasteiger partial charge on any atom is -0.394 e. The van der Waals surface area contributed by atoms with Gasteiger partial charge in [-0.15, -0.1) is 0 Å². The first-order valence-corrected chi connectivity index (χ1v) is 5.93. The van der Waals surface area contributed by atoms with Crippen molar-refractivity contribution in [2.75, 3.05) is 33.5 Å². The summed E-state index contributed by atoms with van der Waals surface area (Å²) < 4.78 is 9.74. The third-order valence-corrected chi connectivity index (χ3v) is 2.46. The van der Waals surface area contributed by atoms with Crippen LogP contribution in [0, 0.1) is 0 Å². The van der Waals surface area contributed by atoms with Gasteiger partial charge in [0, 0.05) is 20.1 Å². The van der Waals surface area contributed by atoms with E-state index in [0.717, 1.165) is 26.0 Å². The molecule has 6 nitrogen and oxygen atoms in total. The number of aliphatic hydroxyl groups excluding tert-OH is 3. The van der Waals surface area contributed by atoms with E-state index in [-0.39, 0.29) is 19.3 Å². The summed E-state index contributed by atoms with van der Waals surface area (Å²) in [6.07, 6.45) is 0.644. The number of rotatable bonds is 5. The van der Waals surface area contributed by atoms with Crippen LogP contribution in [0.1, 0.15) is 19.3 Å². The maximum Gasteiger partial charge on any atom is 0.103 e. The Kier molecular flexibility index (Phi) is 10.7. The van der Waals surface area contributed by atoms with Crippen molar-refractivity contribution < 1.29 is 24.8 Å². The van der Waals surface area contributed by atoms with Crippen LogP contribution < -0.4 is 5.73 Å². The SMILES string of the molecule is COCCCCN.OCC1CC(O)C(O)CO1. The molecular weight excluding hydrogens is 226 g/mol. The average Bonchev–Trinajstić information content (AvgIpc) is 2.34. The Balaban J connectivity index is 0.000000325. The van der Waals surface area contributed by atoms with Crippen LogP contribution in [0.3, 0.4) is 0 Å². The first-order valence-electron chi connectivity index (χ1n) is 5.93. The fourth-order valence-electron chi connectivity index (χ4n) is 1.36. The third kappa shape index (κ3) is 8.48. The lowest BCUT2D eigenvalue weighted by Crippen LogP contribution is -2.42. The van der Waals surface area contributed by atoms with E-state index in [1.807, 2.05) is 0 Å². The topological polar surface area (TPSA) is 105 Å². The Morgan fingerprint density at radius 3 is 2.47 bits per heavy atom. The zero-order valence-electron chi connectivity index (χ0n) is 10.4. The number of aliphatic hydroxyl groups is 3. The Morgan fingerprint density at radius 1 is 1.29 bits per heavy atom. The second kappa shape index (κ2) is 10.9. The molecule has 104 valence electrons. The largest absolute Gasteiger partial charge is 0.394 e. The summed E-state index contributed by atoms with van der Waals surface area (Å²) in [4.78, 5) is 0. The van der Waals surface area contributed by atoms with Gasteiger partial charge in [-0.05, 0) is 19.4 Å². The van der Waals surface area contributed by atoms with Gasteiger partial charge in [-0.25, -0.2) is 0 Å². The van der Waals surface area contributed by atoms with Gasteiger partial charge in [0.05, 0.1) is 25.4 Å². The van der Waals surface area contributed by atoms with Gasteiger partial charge in [-0.2, -0.15) is 0 Å². The van der Waals surface area contributed by atoms with Gasteiger partial charge in [0.1, 0.15) is 6.10 Å². The molecule has 0 spiro atoms. The van der Waals surface area contributed by atoms with Crippen molar-refractivity contribution >= 4 is 0 Å². The Bertz CT molecular complexity index is 166. The number of ether oxygens (including phenoxy) is 2. The van der Waals surface area contributed by atoms with Crippen molar-refractivity contribution in [3.63, 3.8) is 0 Å². The smallest absolute Gasteiger partial charge is 0.103 e. The van der Waals surface area contributed by atoms with Gasteiger partial charge in [0.25, 0.3) is 0 Å². The van der Waals surface area contributed by atoms with E-state index in [4.69, 9.17) is 30.5 Å². The Morgan fingerprint density at radius 2 is 2.00 bits per heavy atom. The maximum absolute atomic E-state index is 9.04. The van der Waals surface area contributed by atoms with E-state index in [1.165, 1.54) is 0 Å². The van der Waals surface area contributed by atoms with Crippen LogP contribution in [-0.2, 0) is 9.47 Å². The van der Waals surface area contributed by atoms with Crippen molar-refractivity contribution in [1.82, 2.24) is 0 Å². The predicted molar refractivity (Wildman–Crippen MR) is 63.6 cm³/mol. The monoisotopic (exact) mass is 251 g/mol. The molecule has 1 saturated heterocycles. The lowest BCUT2D eigenvalue weighted by molar-refractivity contribution is -0.131. The van der Waals surface area contributed by atoms with E-state index < -0.39 is 12.2 Å². The molecule has 0 aromatic rings. The molecule has 1 aliphatic heterocycles. The molecule has 1 aliphatic rings. The highest BCUT2D eigenvalue weighted by atomic mass is 16.5. The molecule has 0 aromatic carbocycles. The summed E-state index contributed by atoms with van der Waals surface area (Å²) in [6.45, 7) is 1.65. The van der Waals surface area contributed by atoms with Gasteiger partial charge in [-0.3, -0.25) is 0 Å². The molecule has 6 heteroatoms. The number of hydrogen-bond acceptors (Lipinski definition) is 6. The summed E-state index contributed by atoms with van der Waals surface area (Å²) in [6, 6.07) is 0. The normalized spacial score (nSPS) is 28.4. The highest BCUT2D eigenvalue weighted by molar-refractivity contribution is 4.76. The average molecular weight is 251 g/mol. The van der Waals surface area contributed by atoms with Crippen LogP contribution in [-0.4, -0.2) is 67.1 Å². The van der Waals surface area contributed by atoms with Crippen LogP contribution in [0.4, 0.5) is 0 Å². The molecule has 0 saturated carbocycles. The van der Waals surface area contributed by atoms with Crippen molar-refractivity contribution in [2.45, 2.75) is 37.6 Å². The standard InChI is InChI=1S/C6H12O4.C5H13NO/c7-2-4-1-5(8)6(9)3-10-4;1-7-5-3-2-4-6/h4-9H,1-3H2;2-6H2,1H3. The van der Waals surface area contributed by atoms with Gasteiger partial charge < -0.3 is 30.5 Å². The van der Waals surface area contributed by atoms with E-state index >= 15 is 0 Å². The molecule has 1 fully saturated rings. The number of hydrogen-bond donors (Lipinski definition) is 4. The third-order valence-electron chi connectivity index (χ3n) is 2.46. The number of methoxy groups -OCH3 is 1. The molecule has 0 bridgehead atoms. The molecule has 17 heavy (non-hydrogen) atoms. The van der Waals surface area contributed by atoms with Crippen molar-refractivity contribution in [1.29, 1.82) is 0 Å². The second-order valence-corrected chi connectivity index (χ2v) is 4.00. The molecule has 3 unspecified atom stereocenters. The lowest BCUT2D eigenvalue weighted by Gasteiger charge is -2.29.